The number of unbranched alkanes of at least 4 members (excludes halogenated alkanes) is 1. The van der Waals surface area contributed by atoms with Gasteiger partial charge in [0, 0.05) is 0 Å². The van der Waals surface area contributed by atoms with Crippen molar-refractivity contribution in [1.82, 2.24) is 0 Å². The molecule has 0 atom stereocenters. The van der Waals surface area contributed by atoms with Crippen molar-refractivity contribution in [3.05, 3.63) is 54.1 Å². The summed E-state index contributed by atoms with van der Waals surface area (Å²) in [5, 5.41) is 5.00. The Morgan fingerprint density at radius 1 is 1.00 bits per heavy atom. The molecule has 0 radical (unpaired) electrons. The Balaban J connectivity index is 2.15. The molecule has 0 spiro atoms. The van der Waals surface area contributed by atoms with E-state index in [-0.39, 0.29) is 21.1 Å². The molecule has 10 heteroatoms. The van der Waals surface area contributed by atoms with E-state index in [9.17, 15) is 21.6 Å². The molecule has 0 unspecified atom stereocenters. The third-order valence-corrected chi connectivity index (χ3v) is 5.60. The number of sulfonamides is 1. The lowest BCUT2D eigenvalue weighted by Crippen LogP contribution is -2.14. The lowest BCUT2D eigenvalue weighted by atomic mass is 10.2. The molecule has 0 amide bonds. The molecule has 8 nitrogen and oxygen atoms in total. The first-order valence-electron chi connectivity index (χ1n) is 7.98. The molecule has 0 aliphatic carbocycles. The van der Waals surface area contributed by atoms with Gasteiger partial charge in [0.15, 0.2) is 0 Å². The second-order valence-electron chi connectivity index (χ2n) is 5.57. The van der Waals surface area contributed by atoms with E-state index in [2.05, 4.69) is 0 Å². The van der Waals surface area contributed by atoms with E-state index in [1.807, 2.05) is 6.92 Å². The minimum Gasteiger partial charge on any atom is -0.462 e. The molecule has 2 N–H and O–H groups in total. The standard InChI is InChI=1S/C17H19NO7S2/c1-2-3-11-24-17(19)13-7-9-14(10-8-13)25-27(22,23)16-6-4-5-15(12-16)26(18,20)21/h4-10,12H,2-3,11H2,1H3,(H2,18,20,21). The van der Waals surface area contributed by atoms with Crippen molar-refractivity contribution >= 4 is 26.1 Å². The second-order valence-corrected chi connectivity index (χ2v) is 8.68. The zero-order valence-corrected chi connectivity index (χ0v) is 16.1. The summed E-state index contributed by atoms with van der Waals surface area (Å²) in [7, 11) is -8.34. The van der Waals surface area contributed by atoms with Crippen LogP contribution in [0.5, 0.6) is 5.75 Å². The third-order valence-electron chi connectivity index (χ3n) is 3.45. The number of primary sulfonamides is 1. The number of rotatable bonds is 8. The number of nitrogens with two attached hydrogens (primary N) is 1. The maximum atomic E-state index is 12.3. The number of hydrogen-bond donors (Lipinski definition) is 1. The van der Waals surface area contributed by atoms with E-state index in [4.69, 9.17) is 14.1 Å². The highest BCUT2D eigenvalue weighted by Gasteiger charge is 2.20. The van der Waals surface area contributed by atoms with Crippen molar-refractivity contribution in [3.8, 4) is 5.75 Å². The highest BCUT2D eigenvalue weighted by atomic mass is 32.2. The zero-order chi connectivity index (χ0) is 20.1. The van der Waals surface area contributed by atoms with Crippen LogP contribution in [0.1, 0.15) is 30.1 Å². The summed E-state index contributed by atoms with van der Waals surface area (Å²) < 4.78 is 57.4. The Morgan fingerprint density at radius 3 is 2.22 bits per heavy atom. The van der Waals surface area contributed by atoms with Crippen LogP contribution in [0.25, 0.3) is 0 Å². The average molecular weight is 413 g/mol. The van der Waals surface area contributed by atoms with Crippen LogP contribution < -0.4 is 9.32 Å². The summed E-state index contributed by atoms with van der Waals surface area (Å²) in [6.45, 7) is 2.28. The fourth-order valence-electron chi connectivity index (χ4n) is 2.02. The van der Waals surface area contributed by atoms with Crippen LogP contribution in [0.2, 0.25) is 0 Å². The van der Waals surface area contributed by atoms with Crippen molar-refractivity contribution in [2.24, 2.45) is 5.14 Å². The first kappa shape index (κ1) is 20.9. The number of ether oxygens (including phenoxy) is 1. The molecule has 2 rings (SSSR count). The van der Waals surface area contributed by atoms with Gasteiger partial charge in [-0.1, -0.05) is 19.4 Å². The van der Waals surface area contributed by atoms with E-state index in [0.717, 1.165) is 18.9 Å². The highest BCUT2D eigenvalue weighted by Crippen LogP contribution is 2.21. The molecule has 0 bridgehead atoms. The van der Waals surface area contributed by atoms with Crippen molar-refractivity contribution in [3.63, 3.8) is 0 Å². The number of carbonyl (C=O) groups excluding carboxylic acids is 1. The van der Waals surface area contributed by atoms with Gasteiger partial charge in [0.1, 0.15) is 10.6 Å². The maximum Gasteiger partial charge on any atom is 0.339 e. The van der Waals surface area contributed by atoms with Gasteiger partial charge in [-0.15, -0.1) is 0 Å². The van der Waals surface area contributed by atoms with E-state index in [1.165, 1.54) is 42.5 Å². The largest absolute Gasteiger partial charge is 0.462 e. The molecule has 146 valence electrons. The Labute approximate surface area is 158 Å². The first-order chi connectivity index (χ1) is 12.6. The zero-order valence-electron chi connectivity index (χ0n) is 14.5. The Hall–Kier alpha value is -2.43. The minimum absolute atomic E-state index is 0.0406. The van der Waals surface area contributed by atoms with Crippen LogP contribution in [0.3, 0.4) is 0 Å². The van der Waals surface area contributed by atoms with Gasteiger partial charge < -0.3 is 8.92 Å². The van der Waals surface area contributed by atoms with Gasteiger partial charge in [-0.05, 0) is 48.9 Å². The molecular weight excluding hydrogens is 394 g/mol. The number of carbonyl (C=O) groups is 1. The molecule has 0 aliphatic rings. The fourth-order valence-corrected chi connectivity index (χ4v) is 3.63. The van der Waals surface area contributed by atoms with E-state index in [1.54, 1.807) is 0 Å². The predicted octanol–water partition coefficient (Wildman–Crippen LogP) is 2.06. The number of esters is 1. The van der Waals surface area contributed by atoms with Gasteiger partial charge in [0.05, 0.1) is 17.1 Å². The van der Waals surface area contributed by atoms with Gasteiger partial charge in [-0.25, -0.2) is 18.4 Å². The lowest BCUT2D eigenvalue weighted by molar-refractivity contribution is 0.0499. The first-order valence-corrected chi connectivity index (χ1v) is 10.9. The van der Waals surface area contributed by atoms with Gasteiger partial charge in [0.2, 0.25) is 10.0 Å². The van der Waals surface area contributed by atoms with E-state index in [0.29, 0.717) is 6.61 Å². The van der Waals surface area contributed by atoms with Crippen molar-refractivity contribution < 1.29 is 30.6 Å². The lowest BCUT2D eigenvalue weighted by Gasteiger charge is -2.09. The Kier molecular flexibility index (Phi) is 6.58. The molecular formula is C17H19NO7S2. The van der Waals surface area contributed by atoms with Gasteiger partial charge in [0.25, 0.3) is 0 Å². The summed E-state index contributed by atoms with van der Waals surface area (Å²) in [6, 6.07) is 9.86. The third kappa shape index (κ3) is 5.78. The minimum atomic E-state index is -4.28. The van der Waals surface area contributed by atoms with Crippen LogP contribution in [0, 0.1) is 0 Å². The van der Waals surface area contributed by atoms with Crippen LogP contribution >= 0.6 is 0 Å². The predicted molar refractivity (Wildman–Crippen MR) is 97.3 cm³/mol. The maximum absolute atomic E-state index is 12.3. The molecule has 2 aromatic rings. The fraction of sp³-hybridized carbons (Fsp3) is 0.235. The van der Waals surface area contributed by atoms with Crippen molar-refractivity contribution in [2.75, 3.05) is 6.61 Å². The molecule has 0 saturated heterocycles. The summed E-state index contributed by atoms with van der Waals surface area (Å²) in [5.41, 5.74) is 0.257. The van der Waals surface area contributed by atoms with E-state index >= 15 is 0 Å². The van der Waals surface area contributed by atoms with Crippen molar-refractivity contribution in [2.45, 2.75) is 29.6 Å². The van der Waals surface area contributed by atoms with Gasteiger partial charge in [-0.2, -0.15) is 8.42 Å². The normalized spacial score (nSPS) is 11.8. The molecule has 2 aromatic carbocycles. The summed E-state index contributed by atoms with van der Waals surface area (Å²) >= 11 is 0. The van der Waals surface area contributed by atoms with Crippen LogP contribution in [-0.2, 0) is 24.9 Å². The van der Waals surface area contributed by atoms with Gasteiger partial charge in [-0.3, -0.25) is 0 Å². The molecule has 0 aromatic heterocycles. The SMILES string of the molecule is CCCCOC(=O)c1ccc(OS(=O)(=O)c2cccc(S(N)(=O)=O)c2)cc1. The summed E-state index contributed by atoms with van der Waals surface area (Å²) in [4.78, 5) is 11.1. The number of hydrogen-bond acceptors (Lipinski definition) is 7. The molecule has 0 aliphatic heterocycles. The average Bonchev–Trinajstić information content (AvgIpc) is 2.61. The quantitative estimate of drug-likeness (QED) is 0.398. The molecule has 0 saturated carbocycles. The van der Waals surface area contributed by atoms with Crippen LogP contribution in [0.4, 0.5) is 0 Å². The molecule has 0 heterocycles. The second kappa shape index (κ2) is 8.51. The smallest absolute Gasteiger partial charge is 0.339 e. The molecule has 27 heavy (non-hydrogen) atoms. The van der Waals surface area contributed by atoms with Crippen LogP contribution in [0.15, 0.2) is 58.3 Å². The summed E-state index contributed by atoms with van der Waals surface area (Å²) in [6.07, 6.45) is 1.65. The van der Waals surface area contributed by atoms with E-state index < -0.39 is 26.1 Å². The summed E-state index contributed by atoms with van der Waals surface area (Å²) in [5.74, 6) is -0.556. The Bertz CT molecular complexity index is 1010. The number of benzene rings is 2. The topological polar surface area (TPSA) is 130 Å². The van der Waals surface area contributed by atoms with Crippen molar-refractivity contribution in [1.29, 1.82) is 0 Å². The molecule has 0 fully saturated rings. The monoisotopic (exact) mass is 413 g/mol. The Morgan fingerprint density at radius 2 is 1.63 bits per heavy atom. The highest BCUT2D eigenvalue weighted by molar-refractivity contribution is 7.89. The van der Waals surface area contributed by atoms with Gasteiger partial charge >= 0.3 is 16.1 Å². The van der Waals surface area contributed by atoms with Crippen LogP contribution in [-0.4, -0.2) is 29.4 Å².